The van der Waals surface area contributed by atoms with Gasteiger partial charge in [-0.25, -0.2) is 19.4 Å². The lowest BCUT2D eigenvalue weighted by atomic mass is 9.93. The summed E-state index contributed by atoms with van der Waals surface area (Å²) in [6, 6.07) is 4.64. The number of amides is 2. The Kier molecular flexibility index (Phi) is 5.73. The highest BCUT2D eigenvalue weighted by molar-refractivity contribution is 5.90. The van der Waals surface area contributed by atoms with Crippen LogP contribution in [-0.4, -0.2) is 57.7 Å². The summed E-state index contributed by atoms with van der Waals surface area (Å²) in [7, 11) is 0. The topological polar surface area (TPSA) is 138 Å². The molecule has 0 radical (unpaired) electrons. The van der Waals surface area contributed by atoms with Gasteiger partial charge in [-0.1, -0.05) is 0 Å². The summed E-state index contributed by atoms with van der Waals surface area (Å²) in [6.45, 7) is 0.558. The summed E-state index contributed by atoms with van der Waals surface area (Å²) in [5.74, 6) is -1.83. The number of halogens is 1. The fraction of sp³-hybridized carbons (Fsp3) is 0.400. The van der Waals surface area contributed by atoms with Gasteiger partial charge in [-0.05, 0) is 24.1 Å². The summed E-state index contributed by atoms with van der Waals surface area (Å²) in [6.07, 6.45) is 3.70. The van der Waals surface area contributed by atoms with E-state index in [0.717, 1.165) is 0 Å². The number of hydrogen-bond acceptors (Lipinski definition) is 8. The standard InChI is InChI=1S/C20H20FN7O3/c21-15-11-27(20-25-4-1-16(26-20)18(23)29)5-2-14(15)19(30)28-17(3-6-31-28)13-7-12(8-22)9-24-10-13/h1,4,7,9-10,14-15,17H,2-3,5-6,11H2,(H2,23,29)/t14-,15+,17-/m0/s1. The van der Waals surface area contributed by atoms with Gasteiger partial charge in [-0.3, -0.25) is 19.4 Å². The molecule has 2 saturated heterocycles. The average molecular weight is 425 g/mol. The molecular formula is C20H20FN7O3. The number of carbonyl (C=O) groups excluding carboxylic acids is 2. The van der Waals surface area contributed by atoms with Crippen LogP contribution in [-0.2, 0) is 9.63 Å². The molecule has 2 N–H and O–H groups in total. The molecule has 4 heterocycles. The SMILES string of the molecule is N#Cc1cncc([C@@H]2CCON2C(=O)[C@H]2CCN(c3nccc(C(N)=O)n3)C[C@H]2F)c1. The minimum absolute atomic E-state index is 0.0418. The van der Waals surface area contributed by atoms with Crippen molar-refractivity contribution >= 4 is 17.8 Å². The number of pyridine rings is 1. The molecule has 2 aromatic heterocycles. The van der Waals surface area contributed by atoms with E-state index in [1.165, 1.54) is 23.5 Å². The first-order valence-electron chi connectivity index (χ1n) is 9.81. The Bertz CT molecular complexity index is 1040. The number of rotatable bonds is 4. The number of anilines is 1. The number of nitrogens with two attached hydrogens (primary N) is 1. The molecule has 10 nitrogen and oxygen atoms in total. The lowest BCUT2D eigenvalue weighted by Gasteiger charge is -2.36. The third-order valence-corrected chi connectivity index (χ3v) is 5.43. The Morgan fingerprint density at radius 3 is 2.90 bits per heavy atom. The van der Waals surface area contributed by atoms with Crippen LogP contribution in [0.2, 0.25) is 0 Å². The molecular weight excluding hydrogens is 405 g/mol. The highest BCUT2D eigenvalue weighted by atomic mass is 19.1. The van der Waals surface area contributed by atoms with Crippen LogP contribution >= 0.6 is 0 Å². The van der Waals surface area contributed by atoms with Gasteiger partial charge in [0.1, 0.15) is 17.9 Å². The maximum atomic E-state index is 15.0. The molecule has 0 spiro atoms. The van der Waals surface area contributed by atoms with Gasteiger partial charge in [0.2, 0.25) is 5.95 Å². The van der Waals surface area contributed by atoms with E-state index in [2.05, 4.69) is 15.0 Å². The monoisotopic (exact) mass is 425 g/mol. The fourth-order valence-corrected chi connectivity index (χ4v) is 3.86. The van der Waals surface area contributed by atoms with Crippen LogP contribution in [0.3, 0.4) is 0 Å². The molecule has 0 unspecified atom stereocenters. The number of nitriles is 1. The van der Waals surface area contributed by atoms with Crippen LogP contribution in [0.1, 0.15) is 40.5 Å². The number of aromatic nitrogens is 3. The van der Waals surface area contributed by atoms with Crippen molar-refractivity contribution in [3.63, 3.8) is 0 Å². The zero-order valence-corrected chi connectivity index (χ0v) is 16.5. The molecule has 0 aliphatic carbocycles. The van der Waals surface area contributed by atoms with E-state index in [-0.39, 0.29) is 24.6 Å². The highest BCUT2D eigenvalue weighted by Gasteiger charge is 2.42. The minimum atomic E-state index is -1.48. The first kappa shape index (κ1) is 20.6. The van der Waals surface area contributed by atoms with Gasteiger partial charge in [0, 0.05) is 31.6 Å². The Morgan fingerprint density at radius 2 is 2.16 bits per heavy atom. The molecule has 0 aromatic carbocycles. The van der Waals surface area contributed by atoms with Gasteiger partial charge >= 0.3 is 0 Å². The van der Waals surface area contributed by atoms with E-state index in [9.17, 15) is 9.59 Å². The Hall–Kier alpha value is -3.65. The van der Waals surface area contributed by atoms with Crippen LogP contribution < -0.4 is 10.6 Å². The summed E-state index contributed by atoms with van der Waals surface area (Å²) >= 11 is 0. The van der Waals surface area contributed by atoms with E-state index in [4.69, 9.17) is 15.8 Å². The lowest BCUT2D eigenvalue weighted by molar-refractivity contribution is -0.184. The van der Waals surface area contributed by atoms with Crippen molar-refractivity contribution in [2.75, 3.05) is 24.6 Å². The highest BCUT2D eigenvalue weighted by Crippen LogP contribution is 2.34. The average Bonchev–Trinajstić information content (AvgIpc) is 3.28. The van der Waals surface area contributed by atoms with Gasteiger partial charge in [0.15, 0.2) is 0 Å². The Balaban J connectivity index is 1.47. The Morgan fingerprint density at radius 1 is 1.32 bits per heavy atom. The molecule has 4 rings (SSSR count). The second-order valence-corrected chi connectivity index (χ2v) is 7.38. The van der Waals surface area contributed by atoms with Crippen molar-refractivity contribution in [1.82, 2.24) is 20.0 Å². The summed E-state index contributed by atoms with van der Waals surface area (Å²) in [5.41, 5.74) is 6.34. The van der Waals surface area contributed by atoms with Crippen LogP contribution in [0.15, 0.2) is 30.7 Å². The van der Waals surface area contributed by atoms with Crippen LogP contribution in [0.25, 0.3) is 0 Å². The third kappa shape index (κ3) is 4.15. The van der Waals surface area contributed by atoms with Crippen LogP contribution in [0.4, 0.5) is 10.3 Å². The molecule has 160 valence electrons. The number of piperidine rings is 1. The molecule has 0 saturated carbocycles. The van der Waals surface area contributed by atoms with Crippen molar-refractivity contribution in [1.29, 1.82) is 5.26 Å². The van der Waals surface area contributed by atoms with Crippen LogP contribution in [0.5, 0.6) is 0 Å². The predicted octanol–water partition coefficient (Wildman–Crippen LogP) is 0.912. The number of hydroxylamine groups is 2. The summed E-state index contributed by atoms with van der Waals surface area (Å²) in [4.78, 5) is 43.7. The van der Waals surface area contributed by atoms with Crippen molar-refractivity contribution in [2.45, 2.75) is 25.1 Å². The number of nitrogens with zero attached hydrogens (tertiary/aromatic N) is 6. The number of primary amides is 1. The molecule has 0 bridgehead atoms. The molecule has 2 amide bonds. The van der Waals surface area contributed by atoms with Gasteiger partial charge in [-0.2, -0.15) is 5.26 Å². The van der Waals surface area contributed by atoms with Gasteiger partial charge < -0.3 is 10.6 Å². The fourth-order valence-electron chi connectivity index (χ4n) is 3.86. The quantitative estimate of drug-likeness (QED) is 0.763. The molecule has 11 heteroatoms. The second kappa shape index (κ2) is 8.61. The molecule has 2 aliphatic heterocycles. The zero-order chi connectivity index (χ0) is 22.0. The van der Waals surface area contributed by atoms with E-state index in [1.807, 2.05) is 6.07 Å². The molecule has 2 aromatic rings. The van der Waals surface area contributed by atoms with E-state index < -0.39 is 29.9 Å². The molecule has 2 aliphatic rings. The zero-order valence-electron chi connectivity index (χ0n) is 16.5. The van der Waals surface area contributed by atoms with Crippen molar-refractivity contribution in [2.24, 2.45) is 11.7 Å². The molecule has 31 heavy (non-hydrogen) atoms. The maximum Gasteiger partial charge on any atom is 0.267 e. The normalized spacial score (nSPS) is 23.4. The number of alkyl halides is 1. The minimum Gasteiger partial charge on any atom is -0.364 e. The largest absolute Gasteiger partial charge is 0.364 e. The first-order valence-corrected chi connectivity index (χ1v) is 9.81. The predicted molar refractivity (Wildman–Crippen MR) is 105 cm³/mol. The summed E-state index contributed by atoms with van der Waals surface area (Å²) < 4.78 is 15.0. The lowest BCUT2D eigenvalue weighted by Crippen LogP contribution is -2.49. The second-order valence-electron chi connectivity index (χ2n) is 7.38. The van der Waals surface area contributed by atoms with Crippen LogP contribution in [0, 0.1) is 17.2 Å². The van der Waals surface area contributed by atoms with Crippen molar-refractivity contribution in [3.05, 3.63) is 47.5 Å². The van der Waals surface area contributed by atoms with E-state index >= 15 is 4.39 Å². The molecule has 3 atom stereocenters. The van der Waals surface area contributed by atoms with Gasteiger partial charge in [-0.15, -0.1) is 0 Å². The number of carbonyl (C=O) groups is 2. The Labute approximate surface area is 177 Å². The first-order chi connectivity index (χ1) is 15.0. The summed E-state index contributed by atoms with van der Waals surface area (Å²) in [5, 5.41) is 10.3. The van der Waals surface area contributed by atoms with Crippen molar-refractivity contribution < 1.29 is 18.8 Å². The third-order valence-electron chi connectivity index (χ3n) is 5.43. The van der Waals surface area contributed by atoms with Crippen molar-refractivity contribution in [3.8, 4) is 6.07 Å². The van der Waals surface area contributed by atoms with E-state index in [1.54, 1.807) is 17.2 Å². The van der Waals surface area contributed by atoms with Gasteiger partial charge in [0.25, 0.3) is 11.8 Å². The van der Waals surface area contributed by atoms with Gasteiger partial charge in [0.05, 0.1) is 30.7 Å². The van der Waals surface area contributed by atoms with E-state index in [0.29, 0.717) is 30.7 Å². The smallest absolute Gasteiger partial charge is 0.267 e. The molecule has 2 fully saturated rings. The number of hydrogen-bond donors (Lipinski definition) is 1. The maximum absolute atomic E-state index is 15.0.